The second kappa shape index (κ2) is 5.33. The van der Waals surface area contributed by atoms with Gasteiger partial charge in [-0.25, -0.2) is 0 Å². The third-order valence-corrected chi connectivity index (χ3v) is 3.03. The first kappa shape index (κ1) is 13.4. The molecule has 0 amide bonds. The van der Waals surface area contributed by atoms with Gasteiger partial charge in [0.25, 0.3) is 0 Å². The molecule has 0 aromatic heterocycles. The van der Waals surface area contributed by atoms with Crippen molar-refractivity contribution in [1.29, 1.82) is 5.41 Å². The zero-order chi connectivity index (χ0) is 14.0. The first-order chi connectivity index (χ1) is 8.97. The number of rotatable bonds is 3. The average molecular weight is 275 g/mol. The zero-order valence-electron chi connectivity index (χ0n) is 10.8. The summed E-state index contributed by atoms with van der Waals surface area (Å²) in [7, 11) is 0. The second-order valence-corrected chi connectivity index (χ2v) is 4.86. The molecule has 98 valence electrons. The van der Waals surface area contributed by atoms with E-state index in [0.717, 1.165) is 11.1 Å². The Labute approximate surface area is 117 Å². The summed E-state index contributed by atoms with van der Waals surface area (Å²) in [6, 6.07) is 11.0. The van der Waals surface area contributed by atoms with Crippen LogP contribution in [0.1, 0.15) is 16.7 Å². The summed E-state index contributed by atoms with van der Waals surface area (Å²) >= 11 is 5.97. The fourth-order valence-corrected chi connectivity index (χ4v) is 1.90. The summed E-state index contributed by atoms with van der Waals surface area (Å²) in [4.78, 5) is 0. The van der Waals surface area contributed by atoms with E-state index >= 15 is 0 Å². The smallest absolute Gasteiger partial charge is 0.138 e. The van der Waals surface area contributed by atoms with Crippen LogP contribution in [0.5, 0.6) is 11.5 Å². The maximum atomic E-state index is 7.58. The monoisotopic (exact) mass is 274 g/mol. The first-order valence-electron chi connectivity index (χ1n) is 5.86. The number of amidine groups is 1. The van der Waals surface area contributed by atoms with Gasteiger partial charge in [0, 0.05) is 5.02 Å². The van der Waals surface area contributed by atoms with E-state index in [0.29, 0.717) is 22.1 Å². The highest BCUT2D eigenvalue weighted by atomic mass is 35.5. The molecule has 2 aromatic rings. The number of hydrogen-bond acceptors (Lipinski definition) is 2. The first-order valence-corrected chi connectivity index (χ1v) is 6.24. The van der Waals surface area contributed by atoms with Gasteiger partial charge in [-0.05, 0) is 49.2 Å². The second-order valence-electron chi connectivity index (χ2n) is 4.43. The largest absolute Gasteiger partial charge is 0.456 e. The summed E-state index contributed by atoms with van der Waals surface area (Å²) in [5, 5.41) is 8.19. The minimum Gasteiger partial charge on any atom is -0.456 e. The van der Waals surface area contributed by atoms with E-state index in [1.165, 1.54) is 0 Å². The number of ether oxygens (including phenoxy) is 1. The minimum absolute atomic E-state index is 0.0188. The highest BCUT2D eigenvalue weighted by Gasteiger charge is 2.10. The van der Waals surface area contributed by atoms with Crippen LogP contribution in [0, 0.1) is 19.3 Å². The zero-order valence-corrected chi connectivity index (χ0v) is 11.6. The molecule has 4 heteroatoms. The molecule has 0 heterocycles. The van der Waals surface area contributed by atoms with Gasteiger partial charge in [0.2, 0.25) is 0 Å². The molecule has 19 heavy (non-hydrogen) atoms. The quantitative estimate of drug-likeness (QED) is 0.656. The van der Waals surface area contributed by atoms with Gasteiger partial charge in [-0.2, -0.15) is 0 Å². The predicted molar refractivity (Wildman–Crippen MR) is 78.5 cm³/mol. The van der Waals surface area contributed by atoms with Gasteiger partial charge in [-0.3, -0.25) is 5.41 Å². The molecule has 0 bridgehead atoms. The Hall–Kier alpha value is -2.00. The van der Waals surface area contributed by atoms with Gasteiger partial charge in [-0.15, -0.1) is 0 Å². The van der Waals surface area contributed by atoms with Crippen LogP contribution in [0.3, 0.4) is 0 Å². The lowest BCUT2D eigenvalue weighted by Crippen LogP contribution is -2.12. The molecule has 0 aliphatic heterocycles. The molecule has 0 fully saturated rings. The Balaban J connectivity index is 2.45. The van der Waals surface area contributed by atoms with E-state index in [1.807, 2.05) is 38.1 Å². The normalized spacial score (nSPS) is 10.3. The van der Waals surface area contributed by atoms with E-state index < -0.39 is 0 Å². The van der Waals surface area contributed by atoms with Crippen molar-refractivity contribution in [2.75, 3.05) is 0 Å². The Morgan fingerprint density at radius 3 is 2.53 bits per heavy atom. The topological polar surface area (TPSA) is 59.1 Å². The number of nitrogen functional groups attached to an aromatic ring is 1. The van der Waals surface area contributed by atoms with E-state index in [4.69, 9.17) is 27.5 Å². The molecule has 2 aromatic carbocycles. The maximum absolute atomic E-state index is 7.58. The average Bonchev–Trinajstić information content (AvgIpc) is 2.33. The van der Waals surface area contributed by atoms with Crippen molar-refractivity contribution in [2.24, 2.45) is 5.73 Å². The van der Waals surface area contributed by atoms with Gasteiger partial charge in [0.1, 0.15) is 17.3 Å². The van der Waals surface area contributed by atoms with Crippen LogP contribution in [0.2, 0.25) is 5.02 Å². The van der Waals surface area contributed by atoms with Crippen LogP contribution >= 0.6 is 11.6 Å². The fraction of sp³-hybridized carbons (Fsp3) is 0.133. The Bertz CT molecular complexity index is 638. The van der Waals surface area contributed by atoms with Gasteiger partial charge in [0.15, 0.2) is 0 Å². The standard InChI is InChI=1S/C15H15ClN2O/c1-9-3-6-12(15(17)18)14(7-9)19-13-8-11(16)5-4-10(13)2/h3-8H,1-2H3,(H3,17,18). The number of aryl methyl sites for hydroxylation is 2. The van der Waals surface area contributed by atoms with E-state index in [9.17, 15) is 0 Å². The van der Waals surface area contributed by atoms with Crippen molar-refractivity contribution in [3.63, 3.8) is 0 Å². The van der Waals surface area contributed by atoms with Crippen LogP contribution in [-0.4, -0.2) is 5.84 Å². The lowest BCUT2D eigenvalue weighted by atomic mass is 10.1. The molecule has 0 spiro atoms. The van der Waals surface area contributed by atoms with Gasteiger partial charge in [-0.1, -0.05) is 23.7 Å². The number of nitrogens with one attached hydrogen (secondary N) is 1. The van der Waals surface area contributed by atoms with Gasteiger partial charge in [0.05, 0.1) is 5.56 Å². The SMILES string of the molecule is Cc1ccc(C(=N)N)c(Oc2cc(Cl)ccc2C)c1. The van der Waals surface area contributed by atoms with Crippen LogP contribution in [0.15, 0.2) is 36.4 Å². The van der Waals surface area contributed by atoms with Crippen molar-refractivity contribution in [1.82, 2.24) is 0 Å². The van der Waals surface area contributed by atoms with Crippen molar-refractivity contribution in [2.45, 2.75) is 13.8 Å². The number of benzene rings is 2. The summed E-state index contributed by atoms with van der Waals surface area (Å²) in [6.07, 6.45) is 0. The molecule has 0 radical (unpaired) electrons. The summed E-state index contributed by atoms with van der Waals surface area (Å²) in [5.41, 5.74) is 8.15. The van der Waals surface area contributed by atoms with Crippen molar-refractivity contribution < 1.29 is 4.74 Å². The lowest BCUT2D eigenvalue weighted by Gasteiger charge is -2.13. The number of halogens is 1. The fourth-order valence-electron chi connectivity index (χ4n) is 1.74. The summed E-state index contributed by atoms with van der Waals surface area (Å²) in [6.45, 7) is 3.90. The van der Waals surface area contributed by atoms with Gasteiger partial charge < -0.3 is 10.5 Å². The molecule has 0 atom stereocenters. The molecule has 2 rings (SSSR count). The molecule has 0 aliphatic carbocycles. The van der Waals surface area contributed by atoms with Crippen LogP contribution in [0.4, 0.5) is 0 Å². The van der Waals surface area contributed by atoms with E-state index in [2.05, 4.69) is 0 Å². The third kappa shape index (κ3) is 3.06. The highest BCUT2D eigenvalue weighted by molar-refractivity contribution is 6.30. The Morgan fingerprint density at radius 1 is 1.11 bits per heavy atom. The van der Waals surface area contributed by atoms with Crippen molar-refractivity contribution in [3.8, 4) is 11.5 Å². The lowest BCUT2D eigenvalue weighted by molar-refractivity contribution is 0.477. The molecule has 0 unspecified atom stereocenters. The van der Waals surface area contributed by atoms with Crippen LogP contribution < -0.4 is 10.5 Å². The van der Waals surface area contributed by atoms with Crippen LogP contribution in [-0.2, 0) is 0 Å². The molecule has 3 nitrogen and oxygen atoms in total. The summed E-state index contributed by atoms with van der Waals surface area (Å²) in [5.74, 6) is 1.22. The molecular weight excluding hydrogens is 260 g/mol. The minimum atomic E-state index is -0.0188. The Kier molecular flexibility index (Phi) is 3.76. The van der Waals surface area contributed by atoms with E-state index in [1.54, 1.807) is 12.1 Å². The van der Waals surface area contributed by atoms with Crippen molar-refractivity contribution in [3.05, 3.63) is 58.1 Å². The number of nitrogens with two attached hydrogens (primary N) is 1. The molecule has 0 aliphatic rings. The predicted octanol–water partition coefficient (Wildman–Crippen LogP) is 4.03. The van der Waals surface area contributed by atoms with Crippen molar-refractivity contribution >= 4 is 17.4 Å². The Morgan fingerprint density at radius 2 is 1.84 bits per heavy atom. The maximum Gasteiger partial charge on any atom is 0.138 e. The van der Waals surface area contributed by atoms with Crippen LogP contribution in [0.25, 0.3) is 0 Å². The third-order valence-electron chi connectivity index (χ3n) is 2.80. The number of hydrogen-bond donors (Lipinski definition) is 2. The van der Waals surface area contributed by atoms with Gasteiger partial charge >= 0.3 is 0 Å². The molecule has 0 saturated heterocycles. The highest BCUT2D eigenvalue weighted by Crippen LogP contribution is 2.30. The van der Waals surface area contributed by atoms with E-state index in [-0.39, 0.29) is 5.84 Å². The molecular formula is C15H15ClN2O. The summed E-state index contributed by atoms with van der Waals surface area (Å²) < 4.78 is 5.86. The molecule has 0 saturated carbocycles. The molecule has 3 N–H and O–H groups in total.